The predicted octanol–water partition coefficient (Wildman–Crippen LogP) is 0.964. The lowest BCUT2D eigenvalue weighted by Crippen LogP contribution is -2.44. The van der Waals surface area contributed by atoms with E-state index < -0.39 is 10.0 Å². The lowest BCUT2D eigenvalue weighted by atomic mass is 10.0. The molecule has 4 N–H and O–H groups in total. The molecule has 0 radical (unpaired) electrons. The molecule has 2 aromatic carbocycles. The summed E-state index contributed by atoms with van der Waals surface area (Å²) in [5.41, 5.74) is 3.29. The molecule has 8 nitrogen and oxygen atoms in total. The van der Waals surface area contributed by atoms with Crippen LogP contribution in [0.4, 0.5) is 0 Å². The fourth-order valence-electron chi connectivity index (χ4n) is 3.60. The Balaban J connectivity index is 1.48. The molecular formula is C23H32N4O4S. The van der Waals surface area contributed by atoms with Crippen molar-refractivity contribution < 1.29 is 17.9 Å². The van der Waals surface area contributed by atoms with Gasteiger partial charge in [0, 0.05) is 32.2 Å². The SMILES string of the molecule is Cc1ccc(C(CN2CCOCC2)NCC(=O)NCCc2ccc(S(N)(=O)=O)cc2)cc1. The molecule has 1 fully saturated rings. The van der Waals surface area contributed by atoms with Crippen molar-refractivity contribution in [1.82, 2.24) is 15.5 Å². The molecule has 1 aliphatic rings. The standard InChI is InChI=1S/C23H32N4O4S/c1-18-2-6-20(7-3-18)22(17-27-12-14-31-15-13-27)26-16-23(28)25-11-10-19-4-8-21(9-5-19)32(24,29)30/h2-9,22,26H,10-17H2,1H3,(H,25,28)(H2,24,29,30). The number of nitrogens with two attached hydrogens (primary N) is 1. The third kappa shape index (κ3) is 7.68. The van der Waals surface area contributed by atoms with Crippen LogP contribution >= 0.6 is 0 Å². The van der Waals surface area contributed by atoms with E-state index in [1.54, 1.807) is 12.1 Å². The van der Waals surface area contributed by atoms with Crippen LogP contribution in [0.5, 0.6) is 0 Å². The quantitative estimate of drug-likeness (QED) is 0.487. The minimum Gasteiger partial charge on any atom is -0.379 e. The number of sulfonamides is 1. The minimum absolute atomic E-state index is 0.0465. The second-order valence-electron chi connectivity index (χ2n) is 8.05. The monoisotopic (exact) mass is 460 g/mol. The highest BCUT2D eigenvalue weighted by atomic mass is 32.2. The van der Waals surface area contributed by atoms with Gasteiger partial charge in [0.1, 0.15) is 0 Å². The van der Waals surface area contributed by atoms with Gasteiger partial charge in [0.2, 0.25) is 15.9 Å². The average Bonchev–Trinajstić information content (AvgIpc) is 2.78. The lowest BCUT2D eigenvalue weighted by Gasteiger charge is -2.31. The number of nitrogens with one attached hydrogen (secondary N) is 2. The minimum atomic E-state index is -3.69. The van der Waals surface area contributed by atoms with E-state index in [4.69, 9.17) is 9.88 Å². The number of aryl methyl sites for hydroxylation is 1. The first-order valence-electron chi connectivity index (χ1n) is 10.8. The van der Waals surface area contributed by atoms with Crippen molar-refractivity contribution in [2.45, 2.75) is 24.3 Å². The summed E-state index contributed by atoms with van der Waals surface area (Å²) in [6.45, 7) is 6.81. The number of nitrogens with zero attached hydrogens (tertiary/aromatic N) is 1. The van der Waals surface area contributed by atoms with E-state index in [9.17, 15) is 13.2 Å². The molecule has 1 atom stereocenters. The zero-order valence-electron chi connectivity index (χ0n) is 18.4. The van der Waals surface area contributed by atoms with E-state index in [-0.39, 0.29) is 23.4 Å². The van der Waals surface area contributed by atoms with Gasteiger partial charge >= 0.3 is 0 Å². The molecule has 2 aromatic rings. The molecule has 1 unspecified atom stereocenters. The van der Waals surface area contributed by atoms with Crippen molar-refractivity contribution in [2.75, 3.05) is 45.9 Å². The number of primary sulfonamides is 1. The van der Waals surface area contributed by atoms with Crippen LogP contribution in [0.1, 0.15) is 22.7 Å². The van der Waals surface area contributed by atoms with Gasteiger partial charge in [-0.1, -0.05) is 42.0 Å². The summed E-state index contributed by atoms with van der Waals surface area (Å²) in [4.78, 5) is 14.8. The molecule has 1 aliphatic heterocycles. The highest BCUT2D eigenvalue weighted by molar-refractivity contribution is 7.89. The Morgan fingerprint density at radius 2 is 1.75 bits per heavy atom. The average molecular weight is 461 g/mol. The summed E-state index contributed by atoms with van der Waals surface area (Å²) >= 11 is 0. The first-order chi connectivity index (χ1) is 15.3. The van der Waals surface area contributed by atoms with E-state index in [1.807, 2.05) is 0 Å². The maximum atomic E-state index is 12.4. The summed E-state index contributed by atoms with van der Waals surface area (Å²) in [6.07, 6.45) is 0.603. The summed E-state index contributed by atoms with van der Waals surface area (Å²) < 4.78 is 28.1. The van der Waals surface area contributed by atoms with Crippen LogP contribution < -0.4 is 15.8 Å². The molecular weight excluding hydrogens is 428 g/mol. The van der Waals surface area contributed by atoms with Crippen molar-refractivity contribution in [3.05, 3.63) is 65.2 Å². The van der Waals surface area contributed by atoms with Gasteiger partial charge in [-0.05, 0) is 36.6 Å². The van der Waals surface area contributed by atoms with Crippen molar-refractivity contribution in [2.24, 2.45) is 5.14 Å². The van der Waals surface area contributed by atoms with Crippen LogP contribution in [0, 0.1) is 6.92 Å². The number of benzene rings is 2. The Morgan fingerprint density at radius 3 is 2.38 bits per heavy atom. The molecule has 0 spiro atoms. The Bertz CT molecular complexity index is 972. The number of amides is 1. The van der Waals surface area contributed by atoms with Gasteiger partial charge < -0.3 is 15.4 Å². The van der Waals surface area contributed by atoms with Gasteiger partial charge in [-0.2, -0.15) is 0 Å². The van der Waals surface area contributed by atoms with Crippen molar-refractivity contribution in [3.63, 3.8) is 0 Å². The van der Waals surface area contributed by atoms with Gasteiger partial charge in [0.25, 0.3) is 0 Å². The van der Waals surface area contributed by atoms with Gasteiger partial charge in [-0.25, -0.2) is 13.6 Å². The highest BCUT2D eigenvalue weighted by Crippen LogP contribution is 2.16. The second-order valence-corrected chi connectivity index (χ2v) is 9.61. The number of carbonyl (C=O) groups is 1. The number of hydrogen-bond acceptors (Lipinski definition) is 6. The predicted molar refractivity (Wildman–Crippen MR) is 124 cm³/mol. The third-order valence-electron chi connectivity index (χ3n) is 5.52. The number of morpholine rings is 1. The molecule has 174 valence electrons. The smallest absolute Gasteiger partial charge is 0.238 e. The number of hydrogen-bond donors (Lipinski definition) is 3. The Hall–Kier alpha value is -2.30. The van der Waals surface area contributed by atoms with Gasteiger partial charge in [-0.15, -0.1) is 0 Å². The van der Waals surface area contributed by atoms with Gasteiger partial charge in [-0.3, -0.25) is 9.69 Å². The zero-order chi connectivity index (χ0) is 23.0. The number of rotatable bonds is 10. The van der Waals surface area contributed by atoms with Crippen LogP contribution in [0.3, 0.4) is 0 Å². The number of ether oxygens (including phenoxy) is 1. The number of carbonyl (C=O) groups excluding carboxylic acids is 1. The van der Waals surface area contributed by atoms with E-state index in [2.05, 4.69) is 46.7 Å². The largest absolute Gasteiger partial charge is 0.379 e. The summed E-state index contributed by atoms with van der Waals surface area (Å²) in [7, 11) is -3.69. The van der Waals surface area contributed by atoms with Gasteiger partial charge in [0.05, 0.1) is 24.7 Å². The lowest BCUT2D eigenvalue weighted by molar-refractivity contribution is -0.120. The fourth-order valence-corrected chi connectivity index (χ4v) is 4.11. The fraction of sp³-hybridized carbons (Fsp3) is 0.435. The van der Waals surface area contributed by atoms with Crippen LogP contribution in [-0.4, -0.2) is 65.2 Å². The van der Waals surface area contributed by atoms with E-state index in [0.717, 1.165) is 44.0 Å². The van der Waals surface area contributed by atoms with Crippen molar-refractivity contribution in [1.29, 1.82) is 0 Å². The summed E-state index contributed by atoms with van der Waals surface area (Å²) in [5.74, 6) is -0.0785. The zero-order valence-corrected chi connectivity index (χ0v) is 19.2. The molecule has 1 saturated heterocycles. The van der Waals surface area contributed by atoms with E-state index in [1.165, 1.54) is 17.7 Å². The molecule has 0 aliphatic carbocycles. The molecule has 1 amide bonds. The van der Waals surface area contributed by atoms with Crippen LogP contribution in [0.15, 0.2) is 53.4 Å². The Morgan fingerprint density at radius 1 is 1.09 bits per heavy atom. The highest BCUT2D eigenvalue weighted by Gasteiger charge is 2.19. The topological polar surface area (TPSA) is 114 Å². The Labute approximate surface area is 190 Å². The molecule has 0 bridgehead atoms. The maximum absolute atomic E-state index is 12.4. The van der Waals surface area contributed by atoms with E-state index in [0.29, 0.717) is 13.0 Å². The second kappa shape index (κ2) is 11.5. The molecule has 32 heavy (non-hydrogen) atoms. The molecule has 3 rings (SSSR count). The first-order valence-corrected chi connectivity index (χ1v) is 12.3. The van der Waals surface area contributed by atoms with Crippen LogP contribution in [0.25, 0.3) is 0 Å². The molecule has 0 saturated carbocycles. The summed E-state index contributed by atoms with van der Waals surface area (Å²) in [5, 5.41) is 11.4. The molecule has 1 heterocycles. The van der Waals surface area contributed by atoms with Gasteiger partial charge in [0.15, 0.2) is 0 Å². The van der Waals surface area contributed by atoms with Crippen molar-refractivity contribution in [3.8, 4) is 0 Å². The molecule has 0 aromatic heterocycles. The van der Waals surface area contributed by atoms with Crippen molar-refractivity contribution >= 4 is 15.9 Å². The van der Waals surface area contributed by atoms with Crippen LogP contribution in [0.2, 0.25) is 0 Å². The normalized spacial score (nSPS) is 15.9. The summed E-state index contributed by atoms with van der Waals surface area (Å²) in [6, 6.07) is 14.8. The maximum Gasteiger partial charge on any atom is 0.238 e. The first kappa shape index (κ1) is 24.3. The Kier molecular flexibility index (Phi) is 8.77. The third-order valence-corrected chi connectivity index (χ3v) is 6.45. The van der Waals surface area contributed by atoms with E-state index >= 15 is 0 Å². The van der Waals surface area contributed by atoms with Crippen LogP contribution in [-0.2, 0) is 26.0 Å². The molecule has 9 heteroatoms.